The van der Waals surface area contributed by atoms with Crippen molar-refractivity contribution in [2.75, 3.05) is 26.0 Å². The van der Waals surface area contributed by atoms with Crippen molar-refractivity contribution in [2.45, 2.75) is 18.4 Å². The lowest BCUT2D eigenvalue weighted by molar-refractivity contribution is -0.120. The fourth-order valence-electron chi connectivity index (χ4n) is 1.69. The van der Waals surface area contributed by atoms with Gasteiger partial charge in [-0.1, -0.05) is 0 Å². The second kappa shape index (κ2) is 7.56. The predicted molar refractivity (Wildman–Crippen MR) is 82.4 cm³/mol. The number of nitrogens with one attached hydrogen (secondary N) is 1. The summed E-state index contributed by atoms with van der Waals surface area (Å²) in [5, 5.41) is 4.83. The van der Waals surface area contributed by atoms with E-state index >= 15 is 0 Å². The number of carbonyl (C=O) groups is 1. The quantitative estimate of drug-likeness (QED) is 0.483. The molecule has 0 saturated carbocycles. The highest BCUT2D eigenvalue weighted by Gasteiger charge is 2.08. The standard InChI is InChI=1S/C13H17N3O2S2/c1-9-7-10-12(15-8-16-13(10)20-9)19-6-3-11(17)14-4-5-18-2/h7-8H,3-6H2,1-2H3,(H,14,17). The number of thiophene rings is 1. The van der Waals surface area contributed by atoms with Crippen molar-refractivity contribution in [2.24, 2.45) is 0 Å². The third-order valence-electron chi connectivity index (χ3n) is 2.61. The van der Waals surface area contributed by atoms with Crippen LogP contribution in [0.15, 0.2) is 17.4 Å². The lowest BCUT2D eigenvalue weighted by atomic mass is 10.4. The van der Waals surface area contributed by atoms with Crippen LogP contribution in [0.1, 0.15) is 11.3 Å². The molecule has 0 saturated heterocycles. The molecule has 0 aliphatic carbocycles. The molecule has 2 aromatic heterocycles. The van der Waals surface area contributed by atoms with Crippen LogP contribution in [0.3, 0.4) is 0 Å². The number of hydrogen-bond donors (Lipinski definition) is 1. The lowest BCUT2D eigenvalue weighted by Gasteiger charge is -2.04. The number of carbonyl (C=O) groups excluding carboxylic acids is 1. The summed E-state index contributed by atoms with van der Waals surface area (Å²) in [6, 6.07) is 2.10. The number of aryl methyl sites for hydroxylation is 1. The van der Waals surface area contributed by atoms with Gasteiger partial charge in [-0.15, -0.1) is 23.1 Å². The number of rotatable bonds is 7. The fraction of sp³-hybridized carbons (Fsp3) is 0.462. The van der Waals surface area contributed by atoms with Crippen LogP contribution in [0.2, 0.25) is 0 Å². The van der Waals surface area contributed by atoms with E-state index in [2.05, 4.69) is 28.3 Å². The smallest absolute Gasteiger partial charge is 0.220 e. The summed E-state index contributed by atoms with van der Waals surface area (Å²) >= 11 is 3.26. The van der Waals surface area contributed by atoms with E-state index in [1.54, 1.807) is 36.5 Å². The second-order valence-electron chi connectivity index (χ2n) is 4.20. The monoisotopic (exact) mass is 311 g/mol. The minimum absolute atomic E-state index is 0.0429. The van der Waals surface area contributed by atoms with Crippen LogP contribution in [0, 0.1) is 6.92 Å². The molecule has 0 aromatic carbocycles. The van der Waals surface area contributed by atoms with Gasteiger partial charge < -0.3 is 10.1 Å². The summed E-state index contributed by atoms with van der Waals surface area (Å²) in [6.45, 7) is 3.16. The van der Waals surface area contributed by atoms with E-state index in [9.17, 15) is 4.79 Å². The van der Waals surface area contributed by atoms with Crippen molar-refractivity contribution in [3.05, 3.63) is 17.3 Å². The van der Waals surface area contributed by atoms with Gasteiger partial charge in [0.2, 0.25) is 5.91 Å². The van der Waals surface area contributed by atoms with Gasteiger partial charge >= 0.3 is 0 Å². The molecule has 5 nitrogen and oxygen atoms in total. The van der Waals surface area contributed by atoms with Gasteiger partial charge in [0, 0.05) is 36.1 Å². The van der Waals surface area contributed by atoms with Crippen LogP contribution in [0.25, 0.3) is 10.2 Å². The Morgan fingerprint density at radius 2 is 2.35 bits per heavy atom. The summed E-state index contributed by atoms with van der Waals surface area (Å²) < 4.78 is 4.88. The highest BCUT2D eigenvalue weighted by atomic mass is 32.2. The third kappa shape index (κ3) is 4.16. The van der Waals surface area contributed by atoms with Crippen LogP contribution < -0.4 is 5.32 Å². The molecule has 0 atom stereocenters. The van der Waals surface area contributed by atoms with E-state index < -0.39 is 0 Å². The number of thioether (sulfide) groups is 1. The highest BCUT2D eigenvalue weighted by Crippen LogP contribution is 2.30. The van der Waals surface area contributed by atoms with Crippen molar-refractivity contribution >= 4 is 39.2 Å². The number of methoxy groups -OCH3 is 1. The average Bonchev–Trinajstić information content (AvgIpc) is 2.80. The van der Waals surface area contributed by atoms with Gasteiger partial charge in [-0.2, -0.15) is 0 Å². The predicted octanol–water partition coefficient (Wildman–Crippen LogP) is 2.24. The first-order valence-corrected chi connectivity index (χ1v) is 8.10. The van der Waals surface area contributed by atoms with E-state index in [1.807, 2.05) is 0 Å². The van der Waals surface area contributed by atoms with Crippen LogP contribution in [-0.2, 0) is 9.53 Å². The van der Waals surface area contributed by atoms with E-state index in [4.69, 9.17) is 4.74 Å². The van der Waals surface area contributed by atoms with E-state index in [-0.39, 0.29) is 5.91 Å². The molecule has 0 unspecified atom stereocenters. The molecule has 2 rings (SSSR count). The van der Waals surface area contributed by atoms with Crippen molar-refractivity contribution in [1.82, 2.24) is 15.3 Å². The number of hydrogen-bond acceptors (Lipinski definition) is 6. The molecular formula is C13H17N3O2S2. The normalized spacial score (nSPS) is 10.9. The molecular weight excluding hydrogens is 294 g/mol. The maximum Gasteiger partial charge on any atom is 0.220 e. The molecule has 2 aromatic rings. The Kier molecular flexibility index (Phi) is 5.75. The van der Waals surface area contributed by atoms with Gasteiger partial charge in [0.1, 0.15) is 16.2 Å². The van der Waals surface area contributed by atoms with Gasteiger partial charge in [-0.05, 0) is 13.0 Å². The summed E-state index contributed by atoms with van der Waals surface area (Å²) in [6.07, 6.45) is 2.06. The van der Waals surface area contributed by atoms with E-state index in [1.165, 1.54) is 4.88 Å². The van der Waals surface area contributed by atoms with E-state index in [0.29, 0.717) is 25.3 Å². The molecule has 1 amide bonds. The largest absolute Gasteiger partial charge is 0.383 e. The summed E-state index contributed by atoms with van der Waals surface area (Å²) in [4.78, 5) is 22.3. The summed E-state index contributed by atoms with van der Waals surface area (Å²) in [5.41, 5.74) is 0. The number of amides is 1. The summed E-state index contributed by atoms with van der Waals surface area (Å²) in [7, 11) is 1.62. The molecule has 0 spiro atoms. The average molecular weight is 311 g/mol. The Morgan fingerprint density at radius 3 is 3.15 bits per heavy atom. The zero-order valence-corrected chi connectivity index (χ0v) is 13.1. The first-order chi connectivity index (χ1) is 9.70. The molecule has 1 N–H and O–H groups in total. The molecule has 7 heteroatoms. The first kappa shape index (κ1) is 15.2. The van der Waals surface area contributed by atoms with E-state index in [0.717, 1.165) is 15.2 Å². The zero-order valence-electron chi connectivity index (χ0n) is 11.5. The van der Waals surface area contributed by atoms with Gasteiger partial charge in [0.25, 0.3) is 0 Å². The third-order valence-corrected chi connectivity index (χ3v) is 4.58. The van der Waals surface area contributed by atoms with Gasteiger partial charge in [0.05, 0.1) is 6.61 Å². The van der Waals surface area contributed by atoms with Crippen LogP contribution in [-0.4, -0.2) is 41.9 Å². The molecule has 20 heavy (non-hydrogen) atoms. The molecule has 0 fully saturated rings. The van der Waals surface area contributed by atoms with Crippen molar-refractivity contribution < 1.29 is 9.53 Å². The Balaban J connectivity index is 1.85. The van der Waals surface area contributed by atoms with Gasteiger partial charge in [-0.25, -0.2) is 9.97 Å². The number of aromatic nitrogens is 2. The van der Waals surface area contributed by atoms with Gasteiger partial charge in [-0.3, -0.25) is 4.79 Å². The molecule has 0 aliphatic heterocycles. The number of fused-ring (bicyclic) bond motifs is 1. The minimum Gasteiger partial charge on any atom is -0.383 e. The number of nitrogens with zero attached hydrogens (tertiary/aromatic N) is 2. The SMILES string of the molecule is COCCNC(=O)CCSc1ncnc2sc(C)cc12. The Hall–Kier alpha value is -1.18. The molecule has 0 bridgehead atoms. The molecule has 0 radical (unpaired) electrons. The van der Waals surface area contributed by atoms with Crippen molar-refractivity contribution in [3.63, 3.8) is 0 Å². The molecule has 108 valence electrons. The Bertz CT molecular complexity index is 586. The van der Waals surface area contributed by atoms with Crippen LogP contribution in [0.4, 0.5) is 0 Å². The van der Waals surface area contributed by atoms with Crippen LogP contribution >= 0.6 is 23.1 Å². The van der Waals surface area contributed by atoms with Crippen molar-refractivity contribution in [1.29, 1.82) is 0 Å². The van der Waals surface area contributed by atoms with Gasteiger partial charge in [0.15, 0.2) is 0 Å². The molecule has 0 aliphatic rings. The fourth-order valence-corrected chi connectivity index (χ4v) is 3.52. The zero-order chi connectivity index (χ0) is 14.4. The second-order valence-corrected chi connectivity index (χ2v) is 6.51. The lowest BCUT2D eigenvalue weighted by Crippen LogP contribution is -2.27. The molecule has 2 heterocycles. The minimum atomic E-state index is 0.0429. The van der Waals surface area contributed by atoms with Crippen molar-refractivity contribution in [3.8, 4) is 0 Å². The Labute approximate surface area is 126 Å². The topological polar surface area (TPSA) is 64.1 Å². The van der Waals surface area contributed by atoms with Crippen LogP contribution in [0.5, 0.6) is 0 Å². The first-order valence-electron chi connectivity index (χ1n) is 6.30. The maximum atomic E-state index is 11.6. The maximum absolute atomic E-state index is 11.6. The number of ether oxygens (including phenoxy) is 1. The summed E-state index contributed by atoms with van der Waals surface area (Å²) in [5.74, 6) is 0.751. The Morgan fingerprint density at radius 1 is 1.50 bits per heavy atom. The highest BCUT2D eigenvalue weighted by molar-refractivity contribution is 7.99.